The molecule has 2 aromatic rings. The van der Waals surface area contributed by atoms with Gasteiger partial charge in [-0.15, -0.1) is 0 Å². The first-order valence-corrected chi connectivity index (χ1v) is 9.49. The highest BCUT2D eigenvalue weighted by molar-refractivity contribution is 5.99. The Morgan fingerprint density at radius 3 is 2.52 bits per heavy atom. The Morgan fingerprint density at radius 2 is 1.89 bits per heavy atom. The lowest BCUT2D eigenvalue weighted by molar-refractivity contribution is -0.139. The summed E-state index contributed by atoms with van der Waals surface area (Å²) in [5.74, 6) is -0.300. The number of esters is 1. The number of hydrogen-bond acceptors (Lipinski definition) is 3. The van der Waals surface area contributed by atoms with Gasteiger partial charge in [-0.2, -0.15) is 0 Å². The minimum Gasteiger partial charge on any atom is -0.426 e. The van der Waals surface area contributed by atoms with Crippen LogP contribution in [0, 0.1) is 12.8 Å². The van der Waals surface area contributed by atoms with Crippen molar-refractivity contribution in [1.29, 1.82) is 0 Å². The van der Waals surface area contributed by atoms with Crippen molar-refractivity contribution in [1.82, 2.24) is 0 Å². The average molecular weight is 365 g/mol. The minimum atomic E-state index is -0.440. The van der Waals surface area contributed by atoms with Gasteiger partial charge >= 0.3 is 5.97 Å². The van der Waals surface area contributed by atoms with Crippen LogP contribution >= 0.6 is 0 Å². The van der Waals surface area contributed by atoms with Crippen molar-refractivity contribution in [2.75, 3.05) is 11.4 Å². The molecular formula is C23H27NO3. The van der Waals surface area contributed by atoms with Crippen LogP contribution in [0.25, 0.3) is 0 Å². The molecule has 1 aliphatic rings. The van der Waals surface area contributed by atoms with Gasteiger partial charge in [0.15, 0.2) is 0 Å². The molecule has 0 radical (unpaired) electrons. The lowest BCUT2D eigenvalue weighted by Gasteiger charge is -2.23. The number of carbonyl (C=O) groups excluding carboxylic acids is 2. The van der Waals surface area contributed by atoms with Crippen LogP contribution in [-0.4, -0.2) is 18.4 Å². The third-order valence-electron chi connectivity index (χ3n) is 5.51. The molecule has 142 valence electrons. The van der Waals surface area contributed by atoms with Crippen LogP contribution in [0.3, 0.4) is 0 Å². The number of amides is 1. The first-order valence-electron chi connectivity index (χ1n) is 9.49. The van der Waals surface area contributed by atoms with Gasteiger partial charge in [0.2, 0.25) is 5.91 Å². The Morgan fingerprint density at radius 1 is 1.19 bits per heavy atom. The van der Waals surface area contributed by atoms with E-state index in [9.17, 15) is 9.59 Å². The van der Waals surface area contributed by atoms with E-state index >= 15 is 0 Å². The van der Waals surface area contributed by atoms with Crippen LogP contribution < -0.4 is 9.64 Å². The van der Waals surface area contributed by atoms with Crippen molar-refractivity contribution < 1.29 is 14.3 Å². The zero-order valence-corrected chi connectivity index (χ0v) is 16.5. The molecule has 0 unspecified atom stereocenters. The quantitative estimate of drug-likeness (QED) is 0.573. The summed E-state index contributed by atoms with van der Waals surface area (Å²) in [6.45, 7) is 8.89. The molecule has 1 fully saturated rings. The fraction of sp³-hybridized carbons (Fsp3) is 0.391. The molecule has 0 spiro atoms. The van der Waals surface area contributed by atoms with E-state index in [1.165, 1.54) is 5.56 Å². The number of anilines is 1. The van der Waals surface area contributed by atoms with Crippen LogP contribution in [0.15, 0.2) is 48.5 Å². The fourth-order valence-electron chi connectivity index (χ4n) is 3.29. The highest BCUT2D eigenvalue weighted by atomic mass is 16.5. The molecule has 2 aromatic carbocycles. The van der Waals surface area contributed by atoms with E-state index in [4.69, 9.17) is 4.74 Å². The molecule has 0 aromatic heterocycles. The maximum atomic E-state index is 12.5. The summed E-state index contributed by atoms with van der Waals surface area (Å²) in [5, 5.41) is 0. The monoisotopic (exact) mass is 365 g/mol. The zero-order valence-electron chi connectivity index (χ0n) is 16.5. The Bertz CT molecular complexity index is 839. The van der Waals surface area contributed by atoms with Gasteiger partial charge in [0.05, 0.1) is 5.92 Å². The van der Waals surface area contributed by atoms with E-state index in [-0.39, 0.29) is 23.7 Å². The smallest absolute Gasteiger partial charge is 0.316 e. The molecule has 1 atom stereocenters. The van der Waals surface area contributed by atoms with Crippen LogP contribution in [0.1, 0.15) is 44.7 Å². The summed E-state index contributed by atoms with van der Waals surface area (Å²) >= 11 is 0. The van der Waals surface area contributed by atoms with Crippen molar-refractivity contribution in [2.45, 2.75) is 46.0 Å². The van der Waals surface area contributed by atoms with Gasteiger partial charge in [-0.25, -0.2) is 0 Å². The van der Waals surface area contributed by atoms with Gasteiger partial charge in [-0.05, 0) is 54.2 Å². The van der Waals surface area contributed by atoms with Crippen LogP contribution in [0.4, 0.5) is 5.69 Å². The summed E-state index contributed by atoms with van der Waals surface area (Å²) < 4.78 is 5.54. The zero-order chi connectivity index (χ0) is 19.6. The van der Waals surface area contributed by atoms with Gasteiger partial charge in [-0.1, -0.05) is 45.0 Å². The second-order valence-electron chi connectivity index (χ2n) is 7.93. The lowest BCUT2D eigenvalue weighted by atomic mass is 9.82. The Balaban J connectivity index is 1.66. The van der Waals surface area contributed by atoms with E-state index in [0.29, 0.717) is 12.3 Å². The molecule has 0 bridgehead atoms. The van der Waals surface area contributed by atoms with Crippen molar-refractivity contribution in [2.24, 2.45) is 5.92 Å². The molecule has 4 nitrogen and oxygen atoms in total. The van der Waals surface area contributed by atoms with Gasteiger partial charge < -0.3 is 9.64 Å². The average Bonchev–Trinajstić information content (AvgIpc) is 3.04. The number of hydrogen-bond donors (Lipinski definition) is 0. The highest BCUT2D eigenvalue weighted by Gasteiger charge is 2.36. The van der Waals surface area contributed by atoms with Crippen LogP contribution in [0.2, 0.25) is 0 Å². The van der Waals surface area contributed by atoms with E-state index < -0.39 is 5.92 Å². The predicted molar refractivity (Wildman–Crippen MR) is 107 cm³/mol. The summed E-state index contributed by atoms with van der Waals surface area (Å²) in [6.07, 6.45) is 1.22. The summed E-state index contributed by atoms with van der Waals surface area (Å²) in [6, 6.07) is 15.4. The number of nitrogens with zero attached hydrogens (tertiary/aromatic N) is 1. The van der Waals surface area contributed by atoms with Crippen molar-refractivity contribution in [3.05, 3.63) is 59.7 Å². The molecule has 0 saturated carbocycles. The molecular weight excluding hydrogens is 338 g/mol. The highest BCUT2D eigenvalue weighted by Crippen LogP contribution is 2.30. The largest absolute Gasteiger partial charge is 0.426 e. The maximum Gasteiger partial charge on any atom is 0.316 e. The summed E-state index contributed by atoms with van der Waals surface area (Å²) in [5.41, 5.74) is 3.23. The summed E-state index contributed by atoms with van der Waals surface area (Å²) in [4.78, 5) is 26.6. The fourth-order valence-corrected chi connectivity index (χ4v) is 3.29. The van der Waals surface area contributed by atoms with Crippen molar-refractivity contribution in [3.8, 4) is 5.75 Å². The minimum absolute atomic E-state index is 0.0393. The Hall–Kier alpha value is -2.62. The molecule has 1 aliphatic heterocycles. The number of rotatable bonds is 5. The van der Waals surface area contributed by atoms with Gasteiger partial charge in [-0.3, -0.25) is 9.59 Å². The Kier molecular flexibility index (Phi) is 5.36. The van der Waals surface area contributed by atoms with Crippen molar-refractivity contribution >= 4 is 17.6 Å². The van der Waals surface area contributed by atoms with E-state index in [2.05, 4.69) is 20.8 Å². The number of ether oxygens (including phenoxy) is 1. The van der Waals surface area contributed by atoms with Gasteiger partial charge in [0.1, 0.15) is 5.75 Å². The third-order valence-corrected chi connectivity index (χ3v) is 5.51. The molecule has 0 N–H and O–H groups in total. The number of aryl methyl sites for hydroxylation is 1. The molecule has 3 rings (SSSR count). The van der Waals surface area contributed by atoms with Crippen LogP contribution in [0.5, 0.6) is 5.75 Å². The van der Waals surface area contributed by atoms with E-state index in [1.807, 2.05) is 55.5 Å². The third kappa shape index (κ3) is 4.21. The second kappa shape index (κ2) is 7.55. The number of benzene rings is 2. The van der Waals surface area contributed by atoms with Gasteiger partial charge in [0, 0.05) is 18.7 Å². The summed E-state index contributed by atoms with van der Waals surface area (Å²) in [7, 11) is 0. The van der Waals surface area contributed by atoms with E-state index in [1.54, 1.807) is 4.90 Å². The lowest BCUT2D eigenvalue weighted by Crippen LogP contribution is -2.27. The molecule has 27 heavy (non-hydrogen) atoms. The Labute approximate surface area is 161 Å². The topological polar surface area (TPSA) is 46.6 Å². The van der Waals surface area contributed by atoms with Gasteiger partial charge in [0.25, 0.3) is 0 Å². The molecule has 1 heterocycles. The van der Waals surface area contributed by atoms with Crippen LogP contribution in [-0.2, 0) is 15.0 Å². The maximum absolute atomic E-state index is 12.5. The molecule has 4 heteroatoms. The number of carbonyl (C=O) groups is 2. The standard InChI is InChI=1S/C23H27NO3/c1-5-23(3,4)18-9-11-20(12-10-18)27-22(26)17-14-21(25)24(15-17)19-8-6-7-16(2)13-19/h6-13,17H,5,14-15H2,1-4H3/t17-/m0/s1. The van der Waals surface area contributed by atoms with Crippen molar-refractivity contribution in [3.63, 3.8) is 0 Å². The normalized spacial score (nSPS) is 17.3. The first-order chi connectivity index (χ1) is 12.8. The SMILES string of the molecule is CCC(C)(C)c1ccc(OC(=O)[C@H]2CC(=O)N(c3cccc(C)c3)C2)cc1. The predicted octanol–water partition coefficient (Wildman–Crippen LogP) is 4.64. The molecule has 0 aliphatic carbocycles. The molecule has 1 amide bonds. The first kappa shape index (κ1) is 19.2. The second-order valence-corrected chi connectivity index (χ2v) is 7.93. The molecule has 1 saturated heterocycles. The van der Waals surface area contributed by atoms with E-state index in [0.717, 1.165) is 17.7 Å².